The van der Waals surface area contributed by atoms with E-state index >= 15 is 0 Å². The molecule has 0 unspecified atom stereocenters. The average molecular weight is 275 g/mol. The molecule has 0 amide bonds. The van der Waals surface area contributed by atoms with Crippen molar-refractivity contribution >= 4 is 15.9 Å². The minimum Gasteiger partial charge on any atom is -0.349 e. The molecule has 1 aliphatic carbocycles. The van der Waals surface area contributed by atoms with Gasteiger partial charge in [-0.2, -0.15) is 0 Å². The van der Waals surface area contributed by atoms with Gasteiger partial charge in [-0.15, -0.1) is 0 Å². The van der Waals surface area contributed by atoms with Crippen LogP contribution in [-0.4, -0.2) is 24.3 Å². The van der Waals surface area contributed by atoms with E-state index in [1.165, 1.54) is 5.57 Å². The predicted octanol–water partition coefficient (Wildman–Crippen LogP) is 3.26. The first kappa shape index (κ1) is 11.6. The van der Waals surface area contributed by atoms with Gasteiger partial charge < -0.3 is 9.47 Å². The van der Waals surface area contributed by atoms with Crippen molar-refractivity contribution < 1.29 is 9.47 Å². The van der Waals surface area contributed by atoms with E-state index in [1.807, 2.05) is 0 Å². The highest BCUT2D eigenvalue weighted by atomic mass is 79.9. The lowest BCUT2D eigenvalue weighted by Gasteiger charge is -2.44. The summed E-state index contributed by atoms with van der Waals surface area (Å²) in [7, 11) is 0. The number of hydrogen-bond donors (Lipinski definition) is 0. The Morgan fingerprint density at radius 2 is 2.00 bits per heavy atom. The van der Waals surface area contributed by atoms with Crippen LogP contribution in [0.5, 0.6) is 0 Å². The van der Waals surface area contributed by atoms with Crippen LogP contribution in [0.2, 0.25) is 0 Å². The smallest absolute Gasteiger partial charge is 0.172 e. The van der Waals surface area contributed by atoms with Gasteiger partial charge in [0.1, 0.15) is 0 Å². The van der Waals surface area contributed by atoms with Gasteiger partial charge in [-0.1, -0.05) is 41.4 Å². The van der Waals surface area contributed by atoms with E-state index in [4.69, 9.17) is 9.47 Å². The Labute approximate surface area is 100 Å². The van der Waals surface area contributed by atoms with Gasteiger partial charge in [0.15, 0.2) is 5.79 Å². The summed E-state index contributed by atoms with van der Waals surface area (Å²) in [6.07, 6.45) is 5.26. The van der Waals surface area contributed by atoms with Crippen LogP contribution >= 0.6 is 15.9 Å². The Morgan fingerprint density at radius 1 is 1.33 bits per heavy atom. The molecule has 1 aliphatic heterocycles. The second-order valence-corrected chi connectivity index (χ2v) is 5.91. The quantitative estimate of drug-likeness (QED) is 0.540. The number of alkyl halides is 1. The van der Waals surface area contributed by atoms with Gasteiger partial charge in [-0.25, -0.2) is 0 Å². The highest BCUT2D eigenvalue weighted by Gasteiger charge is 2.40. The van der Waals surface area contributed by atoms with Crippen molar-refractivity contribution in [3.05, 3.63) is 11.6 Å². The molecule has 2 rings (SSSR count). The molecular weight excluding hydrogens is 256 g/mol. The molecule has 1 heterocycles. The molecule has 0 aromatic carbocycles. The summed E-state index contributed by atoms with van der Waals surface area (Å²) in [5.74, 6) is -0.304. The number of ether oxygens (including phenoxy) is 2. The van der Waals surface area contributed by atoms with E-state index in [1.54, 1.807) is 0 Å². The van der Waals surface area contributed by atoms with E-state index in [2.05, 4.69) is 35.9 Å². The molecule has 0 bridgehead atoms. The highest BCUT2D eigenvalue weighted by molar-refractivity contribution is 9.09. The van der Waals surface area contributed by atoms with Crippen LogP contribution in [-0.2, 0) is 9.47 Å². The SMILES string of the molecule is CC1(C)COC2(CC=C(CBr)CC2)OC1. The molecule has 1 spiro atoms. The molecule has 1 fully saturated rings. The molecule has 0 radical (unpaired) electrons. The Balaban J connectivity index is 1.98. The van der Waals surface area contributed by atoms with Crippen molar-refractivity contribution in [3.8, 4) is 0 Å². The summed E-state index contributed by atoms with van der Waals surface area (Å²) in [5, 5.41) is 0.981. The first-order valence-electron chi connectivity index (χ1n) is 5.57. The van der Waals surface area contributed by atoms with Crippen LogP contribution in [0.25, 0.3) is 0 Å². The Morgan fingerprint density at radius 3 is 2.47 bits per heavy atom. The maximum atomic E-state index is 5.93. The normalized spacial score (nSPS) is 28.9. The average Bonchev–Trinajstić information content (AvgIpc) is 2.24. The number of halogens is 1. The van der Waals surface area contributed by atoms with Crippen molar-refractivity contribution in [2.75, 3.05) is 18.5 Å². The van der Waals surface area contributed by atoms with Gasteiger partial charge >= 0.3 is 0 Å². The molecule has 3 heteroatoms. The third kappa shape index (κ3) is 2.63. The molecular formula is C12H19BrO2. The number of allylic oxidation sites excluding steroid dienone is 1. The predicted molar refractivity (Wildman–Crippen MR) is 64.1 cm³/mol. The van der Waals surface area contributed by atoms with Crippen LogP contribution in [0.1, 0.15) is 33.1 Å². The van der Waals surface area contributed by atoms with Crippen molar-refractivity contribution in [1.82, 2.24) is 0 Å². The topological polar surface area (TPSA) is 18.5 Å². The molecule has 0 saturated carbocycles. The van der Waals surface area contributed by atoms with Crippen LogP contribution in [0.15, 0.2) is 11.6 Å². The maximum Gasteiger partial charge on any atom is 0.172 e. The second kappa shape index (κ2) is 4.19. The van der Waals surface area contributed by atoms with Crippen molar-refractivity contribution in [2.24, 2.45) is 5.41 Å². The molecule has 0 atom stereocenters. The molecule has 86 valence electrons. The zero-order valence-corrected chi connectivity index (χ0v) is 11.1. The van der Waals surface area contributed by atoms with Crippen LogP contribution in [0, 0.1) is 5.41 Å². The summed E-state index contributed by atoms with van der Waals surface area (Å²) < 4.78 is 11.9. The van der Waals surface area contributed by atoms with Crippen LogP contribution < -0.4 is 0 Å². The van der Waals surface area contributed by atoms with Crippen LogP contribution in [0.3, 0.4) is 0 Å². The maximum absolute atomic E-state index is 5.93. The summed E-state index contributed by atoms with van der Waals surface area (Å²) in [6.45, 7) is 5.99. The van der Waals surface area contributed by atoms with E-state index in [0.717, 1.165) is 37.8 Å². The molecule has 15 heavy (non-hydrogen) atoms. The minimum absolute atomic E-state index is 0.171. The molecule has 1 saturated heterocycles. The van der Waals surface area contributed by atoms with E-state index in [9.17, 15) is 0 Å². The standard InChI is InChI=1S/C12H19BrO2/c1-11(2)8-14-12(15-9-11)5-3-10(7-13)4-6-12/h3H,4-9H2,1-2H3. The number of rotatable bonds is 1. The summed E-state index contributed by atoms with van der Waals surface area (Å²) in [6, 6.07) is 0. The fourth-order valence-corrected chi connectivity index (χ4v) is 2.48. The van der Waals surface area contributed by atoms with E-state index in [-0.39, 0.29) is 11.2 Å². The third-order valence-corrected chi connectivity index (χ3v) is 3.87. The van der Waals surface area contributed by atoms with Gasteiger partial charge in [0.05, 0.1) is 13.2 Å². The Bertz CT molecular complexity index is 261. The van der Waals surface area contributed by atoms with Crippen molar-refractivity contribution in [1.29, 1.82) is 0 Å². The third-order valence-electron chi connectivity index (χ3n) is 3.15. The zero-order valence-electron chi connectivity index (χ0n) is 9.51. The Hall–Kier alpha value is 0.140. The van der Waals surface area contributed by atoms with Gasteiger partial charge in [0.25, 0.3) is 0 Å². The van der Waals surface area contributed by atoms with Crippen LogP contribution in [0.4, 0.5) is 0 Å². The number of hydrogen-bond acceptors (Lipinski definition) is 2. The lowest BCUT2D eigenvalue weighted by atomic mass is 9.90. The van der Waals surface area contributed by atoms with E-state index in [0.29, 0.717) is 0 Å². The Kier molecular flexibility index (Phi) is 3.25. The molecule has 0 N–H and O–H groups in total. The second-order valence-electron chi connectivity index (χ2n) is 5.35. The summed E-state index contributed by atoms with van der Waals surface area (Å²) in [5.41, 5.74) is 1.64. The van der Waals surface area contributed by atoms with Gasteiger partial charge in [0.2, 0.25) is 0 Å². The molecule has 2 aliphatic rings. The van der Waals surface area contributed by atoms with Crippen molar-refractivity contribution in [2.45, 2.75) is 38.9 Å². The lowest BCUT2D eigenvalue weighted by Crippen LogP contribution is -2.48. The largest absolute Gasteiger partial charge is 0.349 e. The van der Waals surface area contributed by atoms with Gasteiger partial charge in [-0.05, 0) is 6.42 Å². The highest BCUT2D eigenvalue weighted by Crippen LogP contribution is 2.38. The van der Waals surface area contributed by atoms with Crippen molar-refractivity contribution in [3.63, 3.8) is 0 Å². The van der Waals surface area contributed by atoms with Gasteiger partial charge in [-0.3, -0.25) is 0 Å². The van der Waals surface area contributed by atoms with E-state index < -0.39 is 0 Å². The van der Waals surface area contributed by atoms with Gasteiger partial charge in [0, 0.05) is 23.6 Å². The molecule has 0 aromatic rings. The summed E-state index contributed by atoms with van der Waals surface area (Å²) in [4.78, 5) is 0. The molecule has 2 nitrogen and oxygen atoms in total. The molecule has 0 aromatic heterocycles. The zero-order chi connectivity index (χ0) is 10.9. The first-order chi connectivity index (χ1) is 7.05. The lowest BCUT2D eigenvalue weighted by molar-refractivity contribution is -0.301. The monoisotopic (exact) mass is 274 g/mol. The summed E-state index contributed by atoms with van der Waals surface area (Å²) >= 11 is 3.49. The first-order valence-corrected chi connectivity index (χ1v) is 6.69. The fraction of sp³-hybridized carbons (Fsp3) is 0.833. The minimum atomic E-state index is -0.304. The fourth-order valence-electron chi connectivity index (χ4n) is 1.98.